The van der Waals surface area contributed by atoms with Crippen LogP contribution in [-0.4, -0.2) is 24.6 Å². The van der Waals surface area contributed by atoms with Crippen LogP contribution in [0.1, 0.15) is 6.92 Å². The molecule has 3 nitrogen and oxygen atoms in total. The van der Waals surface area contributed by atoms with Gasteiger partial charge in [0.15, 0.2) is 6.29 Å². The van der Waals surface area contributed by atoms with Gasteiger partial charge in [0.1, 0.15) is 6.61 Å². The first kappa shape index (κ1) is 6.88. The van der Waals surface area contributed by atoms with E-state index in [-0.39, 0.29) is 13.2 Å². The molecule has 0 aliphatic carbocycles. The van der Waals surface area contributed by atoms with Crippen molar-refractivity contribution < 1.29 is 14.9 Å². The monoisotopic (exact) mass is 105 g/mol. The fourth-order valence-electron chi connectivity index (χ4n) is 0.219. The van der Waals surface area contributed by atoms with E-state index in [4.69, 9.17) is 5.11 Å². The Hall–Kier alpha value is -0.120. The summed E-state index contributed by atoms with van der Waals surface area (Å²) in [5.41, 5.74) is 0. The predicted octanol–water partition coefficient (Wildman–Crippen LogP) is -0.228. The molecule has 0 aromatic heterocycles. The summed E-state index contributed by atoms with van der Waals surface area (Å²) in [5.74, 6) is 0. The zero-order valence-electron chi connectivity index (χ0n) is 4.26. The molecule has 0 aromatic carbocycles. The van der Waals surface area contributed by atoms with Crippen molar-refractivity contribution >= 4 is 0 Å². The third-order valence-corrected chi connectivity index (χ3v) is 0.442. The van der Waals surface area contributed by atoms with Gasteiger partial charge >= 0.3 is 0 Å². The van der Waals surface area contributed by atoms with E-state index in [0.29, 0.717) is 0 Å². The molecule has 0 saturated carbocycles. The first-order chi connectivity index (χ1) is 3.27. The van der Waals surface area contributed by atoms with E-state index in [1.165, 1.54) is 6.92 Å². The van der Waals surface area contributed by atoms with Crippen molar-refractivity contribution in [3.8, 4) is 0 Å². The summed E-state index contributed by atoms with van der Waals surface area (Å²) in [4.78, 5) is 0. The highest BCUT2D eigenvalue weighted by Gasteiger charge is 1.89. The first-order valence-electron chi connectivity index (χ1n) is 2.15. The van der Waals surface area contributed by atoms with Crippen LogP contribution >= 0.6 is 0 Å². The SMILES string of the molecule is CC(O)OCC[O]. The van der Waals surface area contributed by atoms with Crippen molar-refractivity contribution in [2.75, 3.05) is 13.2 Å². The van der Waals surface area contributed by atoms with Crippen LogP contribution in [0.5, 0.6) is 0 Å². The lowest BCUT2D eigenvalue weighted by Crippen LogP contribution is -2.08. The number of ether oxygens (including phenoxy) is 1. The lowest BCUT2D eigenvalue weighted by Gasteiger charge is -2.00. The van der Waals surface area contributed by atoms with Crippen LogP contribution < -0.4 is 0 Å². The molecule has 0 rings (SSSR count). The van der Waals surface area contributed by atoms with E-state index < -0.39 is 6.29 Å². The molecule has 1 N–H and O–H groups in total. The molecule has 3 heteroatoms. The minimum atomic E-state index is -0.797. The van der Waals surface area contributed by atoms with Crippen LogP contribution in [0.25, 0.3) is 0 Å². The maximum atomic E-state index is 9.60. The second-order valence-corrected chi connectivity index (χ2v) is 1.17. The lowest BCUT2D eigenvalue weighted by atomic mass is 10.7. The molecule has 1 unspecified atom stereocenters. The van der Waals surface area contributed by atoms with Crippen LogP contribution in [0.3, 0.4) is 0 Å². The fourth-order valence-corrected chi connectivity index (χ4v) is 0.219. The first-order valence-corrected chi connectivity index (χ1v) is 2.15. The van der Waals surface area contributed by atoms with Crippen molar-refractivity contribution in [1.82, 2.24) is 0 Å². The summed E-state index contributed by atoms with van der Waals surface area (Å²) >= 11 is 0. The fraction of sp³-hybridized carbons (Fsp3) is 1.00. The van der Waals surface area contributed by atoms with Gasteiger partial charge in [-0.25, -0.2) is 5.11 Å². The Kier molecular flexibility index (Phi) is 3.98. The van der Waals surface area contributed by atoms with Gasteiger partial charge in [-0.05, 0) is 6.92 Å². The summed E-state index contributed by atoms with van der Waals surface area (Å²) < 4.78 is 4.43. The Balaban J connectivity index is 2.68. The molecule has 1 atom stereocenters. The lowest BCUT2D eigenvalue weighted by molar-refractivity contribution is -0.0984. The van der Waals surface area contributed by atoms with Crippen molar-refractivity contribution in [1.29, 1.82) is 0 Å². The van der Waals surface area contributed by atoms with Gasteiger partial charge in [-0.15, -0.1) is 0 Å². The molecule has 0 saturated heterocycles. The van der Waals surface area contributed by atoms with Crippen molar-refractivity contribution in [2.24, 2.45) is 0 Å². The van der Waals surface area contributed by atoms with Gasteiger partial charge in [0.25, 0.3) is 0 Å². The summed E-state index contributed by atoms with van der Waals surface area (Å²) in [7, 11) is 0. The van der Waals surface area contributed by atoms with Crippen LogP contribution in [-0.2, 0) is 9.84 Å². The molecule has 0 aromatic rings. The van der Waals surface area contributed by atoms with Crippen LogP contribution in [0.15, 0.2) is 0 Å². The quantitative estimate of drug-likeness (QED) is 0.504. The van der Waals surface area contributed by atoms with E-state index in [2.05, 4.69) is 4.74 Å². The molecule has 0 spiro atoms. The molecule has 1 radical (unpaired) electrons. The van der Waals surface area contributed by atoms with Gasteiger partial charge in [-0.2, -0.15) is 0 Å². The van der Waals surface area contributed by atoms with Gasteiger partial charge < -0.3 is 9.84 Å². The molecule has 43 valence electrons. The molecular weight excluding hydrogens is 96.0 g/mol. The maximum absolute atomic E-state index is 9.60. The third-order valence-electron chi connectivity index (χ3n) is 0.442. The highest BCUT2D eigenvalue weighted by molar-refractivity contribution is 4.23. The standard InChI is InChI=1S/C4H9O3/c1-4(6)7-3-2-5/h4,6H,2-3H2,1H3. The van der Waals surface area contributed by atoms with Crippen molar-refractivity contribution in [3.05, 3.63) is 0 Å². The number of aliphatic hydroxyl groups excluding tert-OH is 1. The highest BCUT2D eigenvalue weighted by Crippen LogP contribution is 1.79. The summed E-state index contributed by atoms with van der Waals surface area (Å²) in [6, 6.07) is 0. The second-order valence-electron chi connectivity index (χ2n) is 1.17. The smallest absolute Gasteiger partial charge is 0.151 e. The van der Waals surface area contributed by atoms with Crippen molar-refractivity contribution in [2.45, 2.75) is 13.2 Å². The Morgan fingerprint density at radius 2 is 2.43 bits per heavy atom. The minimum Gasteiger partial charge on any atom is -0.368 e. The average molecular weight is 105 g/mol. The Bertz CT molecular complexity index is 35.9. The number of aliphatic hydroxyl groups is 1. The average Bonchev–Trinajstić information content (AvgIpc) is 1.61. The van der Waals surface area contributed by atoms with E-state index in [1.54, 1.807) is 0 Å². The van der Waals surface area contributed by atoms with Crippen LogP contribution in [0.4, 0.5) is 0 Å². The van der Waals surface area contributed by atoms with Crippen LogP contribution in [0.2, 0.25) is 0 Å². The molecule has 0 amide bonds. The molecule has 0 heterocycles. The largest absolute Gasteiger partial charge is 0.368 e. The number of hydrogen-bond donors (Lipinski definition) is 1. The molecule has 7 heavy (non-hydrogen) atoms. The molecule has 0 bridgehead atoms. The summed E-state index contributed by atoms with van der Waals surface area (Å²) in [5, 5.41) is 17.9. The normalized spacial score (nSPS) is 14.1. The zero-order chi connectivity index (χ0) is 5.70. The van der Waals surface area contributed by atoms with Gasteiger partial charge in [-0.3, -0.25) is 0 Å². The van der Waals surface area contributed by atoms with Gasteiger partial charge in [0, 0.05) is 0 Å². The predicted molar refractivity (Wildman–Crippen MR) is 23.2 cm³/mol. The Morgan fingerprint density at radius 3 is 2.57 bits per heavy atom. The van der Waals surface area contributed by atoms with Crippen molar-refractivity contribution in [3.63, 3.8) is 0 Å². The van der Waals surface area contributed by atoms with Gasteiger partial charge in [0.05, 0.1) is 6.61 Å². The minimum absolute atomic E-state index is 0.0949. The summed E-state index contributed by atoms with van der Waals surface area (Å²) in [6.07, 6.45) is -0.797. The zero-order valence-corrected chi connectivity index (χ0v) is 4.26. The Morgan fingerprint density at radius 1 is 1.86 bits per heavy atom. The maximum Gasteiger partial charge on any atom is 0.151 e. The van der Waals surface area contributed by atoms with Crippen LogP contribution in [0, 0.1) is 0 Å². The topological polar surface area (TPSA) is 49.4 Å². The molecule has 0 aliphatic heterocycles. The summed E-state index contributed by atoms with van der Waals surface area (Å²) in [6.45, 7) is 1.28. The molecule has 0 aliphatic rings. The second kappa shape index (κ2) is 4.05. The Labute approximate surface area is 42.5 Å². The van der Waals surface area contributed by atoms with E-state index in [1.807, 2.05) is 0 Å². The molecule has 0 fully saturated rings. The van der Waals surface area contributed by atoms with E-state index in [9.17, 15) is 5.11 Å². The van der Waals surface area contributed by atoms with E-state index in [0.717, 1.165) is 0 Å². The number of rotatable bonds is 3. The highest BCUT2D eigenvalue weighted by atomic mass is 16.6. The number of hydrogen-bond acceptors (Lipinski definition) is 2. The molecular formula is C4H9O3. The van der Waals surface area contributed by atoms with E-state index >= 15 is 0 Å². The van der Waals surface area contributed by atoms with Gasteiger partial charge in [0.2, 0.25) is 0 Å². The third kappa shape index (κ3) is 5.88. The van der Waals surface area contributed by atoms with Gasteiger partial charge in [-0.1, -0.05) is 0 Å².